The van der Waals surface area contributed by atoms with E-state index in [1.165, 1.54) is 0 Å². The summed E-state index contributed by atoms with van der Waals surface area (Å²) in [5, 5.41) is 11.8. The Morgan fingerprint density at radius 3 is 2.55 bits per heavy atom. The van der Waals surface area contributed by atoms with Crippen molar-refractivity contribution in [1.29, 1.82) is 0 Å². The van der Waals surface area contributed by atoms with Crippen molar-refractivity contribution in [2.24, 2.45) is 0 Å². The minimum absolute atomic E-state index is 0.0193. The van der Waals surface area contributed by atoms with Gasteiger partial charge >= 0.3 is 0 Å². The van der Waals surface area contributed by atoms with Crippen LogP contribution < -0.4 is 10.2 Å². The first kappa shape index (κ1) is 19.3. The van der Waals surface area contributed by atoms with E-state index < -0.39 is 0 Å². The highest BCUT2D eigenvalue weighted by atomic mass is 32.1. The Balaban J connectivity index is 1.20. The van der Waals surface area contributed by atoms with Gasteiger partial charge in [0, 0.05) is 37.9 Å². The van der Waals surface area contributed by atoms with Crippen molar-refractivity contribution in [2.75, 3.05) is 36.4 Å². The molecule has 0 saturated carbocycles. The first-order valence-corrected chi connectivity index (χ1v) is 10.7. The molecule has 31 heavy (non-hydrogen) atoms. The quantitative estimate of drug-likeness (QED) is 0.525. The molecule has 1 amide bonds. The summed E-state index contributed by atoms with van der Waals surface area (Å²) in [6, 6.07) is 13.2. The standard InChI is InChI=1S/C21H20N8OS/c1-14-6-7-22-19(12-14)23-18-4-5-20(25-24-18)28-8-10-29(11-9-28)21(30)15-2-3-16-17(13-15)27-31-26-16/h2-7,12-13H,8-11H2,1H3,(H,22,23,24). The summed E-state index contributed by atoms with van der Waals surface area (Å²) < 4.78 is 8.41. The average Bonchev–Trinajstić information content (AvgIpc) is 3.27. The smallest absolute Gasteiger partial charge is 0.254 e. The van der Waals surface area contributed by atoms with Gasteiger partial charge in [-0.25, -0.2) is 4.98 Å². The summed E-state index contributed by atoms with van der Waals surface area (Å²) in [7, 11) is 0. The first-order chi connectivity index (χ1) is 15.2. The Bertz CT molecular complexity index is 1220. The summed E-state index contributed by atoms with van der Waals surface area (Å²) >= 11 is 1.16. The van der Waals surface area contributed by atoms with Gasteiger partial charge in [0.1, 0.15) is 16.9 Å². The summed E-state index contributed by atoms with van der Waals surface area (Å²) in [5.74, 6) is 2.19. The lowest BCUT2D eigenvalue weighted by molar-refractivity contribution is 0.0746. The Labute approximate surface area is 183 Å². The van der Waals surface area contributed by atoms with Crippen molar-refractivity contribution in [3.63, 3.8) is 0 Å². The highest BCUT2D eigenvalue weighted by molar-refractivity contribution is 7.00. The van der Waals surface area contributed by atoms with Crippen molar-refractivity contribution < 1.29 is 4.79 Å². The monoisotopic (exact) mass is 432 g/mol. The molecule has 0 atom stereocenters. The van der Waals surface area contributed by atoms with Crippen molar-refractivity contribution in [3.05, 3.63) is 59.8 Å². The Kier molecular flexibility index (Phi) is 5.13. The summed E-state index contributed by atoms with van der Waals surface area (Å²) in [4.78, 5) is 21.2. The van der Waals surface area contributed by atoms with Crippen LogP contribution in [-0.2, 0) is 0 Å². The van der Waals surface area contributed by atoms with Crippen LogP contribution in [0.5, 0.6) is 0 Å². The number of carbonyl (C=O) groups is 1. The van der Waals surface area contributed by atoms with E-state index in [4.69, 9.17) is 0 Å². The van der Waals surface area contributed by atoms with Crippen LogP contribution >= 0.6 is 11.7 Å². The van der Waals surface area contributed by atoms with Crippen LogP contribution in [0.25, 0.3) is 11.0 Å². The maximum atomic E-state index is 12.9. The number of carbonyl (C=O) groups excluding carboxylic acids is 1. The molecule has 1 N–H and O–H groups in total. The molecular formula is C21H20N8OS. The molecule has 0 aliphatic carbocycles. The molecule has 10 heteroatoms. The van der Waals surface area contributed by atoms with Gasteiger partial charge in [-0.05, 0) is 55.0 Å². The fourth-order valence-electron chi connectivity index (χ4n) is 3.53. The molecule has 4 heterocycles. The fraction of sp³-hybridized carbons (Fsp3) is 0.238. The number of aryl methyl sites for hydroxylation is 1. The Morgan fingerprint density at radius 1 is 0.935 bits per heavy atom. The second kappa shape index (κ2) is 8.23. The minimum atomic E-state index is 0.0193. The number of benzene rings is 1. The summed E-state index contributed by atoms with van der Waals surface area (Å²) in [6.45, 7) is 4.67. The lowest BCUT2D eigenvalue weighted by Crippen LogP contribution is -2.49. The number of aromatic nitrogens is 5. The van der Waals surface area contributed by atoms with Gasteiger partial charge in [0.05, 0.1) is 11.7 Å². The van der Waals surface area contributed by atoms with Gasteiger partial charge in [0.15, 0.2) is 11.6 Å². The molecule has 1 fully saturated rings. The molecule has 0 spiro atoms. The van der Waals surface area contributed by atoms with Crippen LogP contribution in [0.1, 0.15) is 15.9 Å². The van der Waals surface area contributed by atoms with E-state index in [1.807, 2.05) is 54.3 Å². The number of nitrogens with zero attached hydrogens (tertiary/aromatic N) is 7. The van der Waals surface area contributed by atoms with Crippen molar-refractivity contribution in [2.45, 2.75) is 6.92 Å². The van der Waals surface area contributed by atoms with Crippen LogP contribution in [0.3, 0.4) is 0 Å². The van der Waals surface area contributed by atoms with E-state index in [2.05, 4.69) is 34.1 Å². The molecule has 9 nitrogen and oxygen atoms in total. The molecule has 1 saturated heterocycles. The SMILES string of the molecule is Cc1ccnc(Nc2ccc(N3CCN(C(=O)c4ccc5nsnc5c4)CC3)nn2)c1. The maximum Gasteiger partial charge on any atom is 0.254 e. The van der Waals surface area contributed by atoms with E-state index in [0.29, 0.717) is 37.6 Å². The lowest BCUT2D eigenvalue weighted by atomic mass is 10.1. The molecule has 3 aromatic heterocycles. The number of anilines is 3. The number of hydrogen-bond acceptors (Lipinski definition) is 9. The van der Waals surface area contributed by atoms with Crippen LogP contribution in [0.4, 0.5) is 17.5 Å². The number of fused-ring (bicyclic) bond motifs is 1. The van der Waals surface area contributed by atoms with E-state index in [0.717, 1.165) is 40.0 Å². The highest BCUT2D eigenvalue weighted by Crippen LogP contribution is 2.19. The van der Waals surface area contributed by atoms with Crippen molar-refractivity contribution in [1.82, 2.24) is 28.8 Å². The van der Waals surface area contributed by atoms with Crippen LogP contribution in [-0.4, -0.2) is 60.9 Å². The predicted molar refractivity (Wildman–Crippen MR) is 120 cm³/mol. The van der Waals surface area contributed by atoms with Gasteiger partial charge in [0.25, 0.3) is 5.91 Å². The zero-order valence-corrected chi connectivity index (χ0v) is 17.7. The maximum absolute atomic E-state index is 12.9. The van der Waals surface area contributed by atoms with E-state index >= 15 is 0 Å². The number of hydrogen-bond donors (Lipinski definition) is 1. The van der Waals surface area contributed by atoms with Gasteiger partial charge in [0.2, 0.25) is 0 Å². The number of pyridine rings is 1. The Hall–Kier alpha value is -3.66. The summed E-state index contributed by atoms with van der Waals surface area (Å²) in [6.07, 6.45) is 1.76. The van der Waals surface area contributed by atoms with Gasteiger partial charge in [-0.1, -0.05) is 0 Å². The molecule has 1 aliphatic heterocycles. The molecule has 4 aromatic rings. The third kappa shape index (κ3) is 4.15. The van der Waals surface area contributed by atoms with E-state index in [9.17, 15) is 4.79 Å². The average molecular weight is 433 g/mol. The van der Waals surface area contributed by atoms with Gasteiger partial charge in [-0.15, -0.1) is 10.2 Å². The molecule has 0 bridgehead atoms. The van der Waals surface area contributed by atoms with Crippen LogP contribution in [0.2, 0.25) is 0 Å². The third-order valence-electron chi connectivity index (χ3n) is 5.21. The Morgan fingerprint density at radius 2 is 1.77 bits per heavy atom. The van der Waals surface area contributed by atoms with E-state index in [-0.39, 0.29) is 5.91 Å². The number of nitrogens with one attached hydrogen (secondary N) is 1. The molecule has 5 rings (SSSR count). The van der Waals surface area contributed by atoms with Gasteiger partial charge in [-0.2, -0.15) is 8.75 Å². The summed E-state index contributed by atoms with van der Waals surface area (Å²) in [5.41, 5.74) is 3.35. The van der Waals surface area contributed by atoms with Gasteiger partial charge in [-0.3, -0.25) is 4.79 Å². The second-order valence-electron chi connectivity index (χ2n) is 7.37. The van der Waals surface area contributed by atoms with Crippen LogP contribution in [0.15, 0.2) is 48.7 Å². The second-order valence-corrected chi connectivity index (χ2v) is 7.90. The van der Waals surface area contributed by atoms with Crippen LogP contribution in [0, 0.1) is 6.92 Å². The number of piperazine rings is 1. The topological polar surface area (TPSA) is 100 Å². The molecular weight excluding hydrogens is 412 g/mol. The minimum Gasteiger partial charge on any atom is -0.352 e. The number of amides is 1. The molecule has 156 valence electrons. The van der Waals surface area contributed by atoms with Crippen molar-refractivity contribution >= 4 is 46.1 Å². The fourth-order valence-corrected chi connectivity index (χ4v) is 4.05. The normalized spacial score (nSPS) is 14.1. The largest absolute Gasteiger partial charge is 0.352 e. The molecule has 0 radical (unpaired) electrons. The zero-order valence-electron chi connectivity index (χ0n) is 16.9. The zero-order chi connectivity index (χ0) is 21.2. The highest BCUT2D eigenvalue weighted by Gasteiger charge is 2.23. The third-order valence-corrected chi connectivity index (χ3v) is 5.77. The first-order valence-electron chi connectivity index (χ1n) is 9.96. The van der Waals surface area contributed by atoms with Crippen molar-refractivity contribution in [3.8, 4) is 0 Å². The lowest BCUT2D eigenvalue weighted by Gasteiger charge is -2.35. The molecule has 0 unspecified atom stereocenters. The van der Waals surface area contributed by atoms with Gasteiger partial charge < -0.3 is 15.1 Å². The molecule has 1 aliphatic rings. The molecule has 1 aromatic carbocycles. The van der Waals surface area contributed by atoms with E-state index in [1.54, 1.807) is 6.20 Å². The predicted octanol–water partition coefficient (Wildman–Crippen LogP) is 2.89. The number of rotatable bonds is 4.